The van der Waals surface area contributed by atoms with Gasteiger partial charge in [-0.05, 0) is 18.1 Å². The fourth-order valence-corrected chi connectivity index (χ4v) is 3.34. The highest BCUT2D eigenvalue weighted by Crippen LogP contribution is 2.23. The maximum Gasteiger partial charge on any atom is 0.180 e. The summed E-state index contributed by atoms with van der Waals surface area (Å²) in [5.74, 6) is 1.71. The molecule has 130 valence electrons. The number of fused-ring (bicyclic) bond motifs is 1. The first-order valence-electron chi connectivity index (χ1n) is 8.91. The number of rotatable bonds is 5. The molecule has 0 bridgehead atoms. The monoisotopic (exact) mass is 337 g/mol. The molecule has 0 aliphatic carbocycles. The van der Waals surface area contributed by atoms with E-state index < -0.39 is 0 Å². The summed E-state index contributed by atoms with van der Waals surface area (Å²) in [5.41, 5.74) is 2.33. The Hall–Kier alpha value is -2.31. The molecule has 1 aromatic carbocycles. The number of benzene rings is 1. The molecule has 6 nitrogen and oxygen atoms in total. The molecule has 1 aliphatic heterocycles. The van der Waals surface area contributed by atoms with Gasteiger partial charge in [0.25, 0.3) is 0 Å². The van der Waals surface area contributed by atoms with Crippen LogP contribution in [0.1, 0.15) is 36.7 Å². The van der Waals surface area contributed by atoms with Crippen molar-refractivity contribution in [1.29, 1.82) is 0 Å². The summed E-state index contributed by atoms with van der Waals surface area (Å²) in [5, 5.41) is 8.56. The van der Waals surface area contributed by atoms with Gasteiger partial charge in [0, 0.05) is 37.6 Å². The Bertz CT molecular complexity index is 841. The number of morpholine rings is 1. The van der Waals surface area contributed by atoms with Gasteiger partial charge in [0.2, 0.25) is 0 Å². The second-order valence-electron chi connectivity index (χ2n) is 6.48. The molecular formula is C19H23N5O. The van der Waals surface area contributed by atoms with Gasteiger partial charge >= 0.3 is 0 Å². The lowest BCUT2D eigenvalue weighted by atomic mass is 10.1. The Labute approximate surface area is 147 Å². The maximum atomic E-state index is 5.91. The quantitative estimate of drug-likeness (QED) is 0.775. The van der Waals surface area contributed by atoms with Gasteiger partial charge in [0.1, 0.15) is 11.9 Å². The van der Waals surface area contributed by atoms with Crippen LogP contribution in [0.5, 0.6) is 0 Å². The standard InChI is InChI=1S/C19H23N5O/c1-2-5-17-21-19(23-22-17)16-13-24(10-11-25-16)12-15-7-3-6-14-8-4-9-20-18(14)15/h3-4,6-9,16H,2,5,10-13H2,1H3,(H,21,22,23)/t16-/m0/s1. The summed E-state index contributed by atoms with van der Waals surface area (Å²) < 4.78 is 5.91. The number of hydrogen-bond acceptors (Lipinski definition) is 5. The van der Waals surface area contributed by atoms with E-state index in [4.69, 9.17) is 4.74 Å². The zero-order valence-electron chi connectivity index (χ0n) is 14.5. The van der Waals surface area contributed by atoms with Crippen LogP contribution in [0.4, 0.5) is 0 Å². The van der Waals surface area contributed by atoms with Crippen molar-refractivity contribution in [2.24, 2.45) is 0 Å². The molecule has 1 atom stereocenters. The van der Waals surface area contributed by atoms with Crippen LogP contribution < -0.4 is 0 Å². The number of nitrogens with zero attached hydrogens (tertiary/aromatic N) is 4. The molecule has 3 heterocycles. The number of H-pyrrole nitrogens is 1. The minimum absolute atomic E-state index is 0.0708. The second kappa shape index (κ2) is 7.29. The van der Waals surface area contributed by atoms with Crippen LogP contribution >= 0.6 is 0 Å². The maximum absolute atomic E-state index is 5.91. The van der Waals surface area contributed by atoms with Crippen LogP contribution in [-0.4, -0.2) is 44.8 Å². The molecule has 4 rings (SSSR count). The van der Waals surface area contributed by atoms with Gasteiger partial charge in [-0.2, -0.15) is 5.10 Å². The molecule has 0 spiro atoms. The zero-order valence-corrected chi connectivity index (χ0v) is 14.5. The number of ether oxygens (including phenoxy) is 1. The first-order chi connectivity index (χ1) is 12.3. The van der Waals surface area contributed by atoms with Crippen molar-refractivity contribution in [3.63, 3.8) is 0 Å². The summed E-state index contributed by atoms with van der Waals surface area (Å²) in [6.45, 7) is 5.40. The van der Waals surface area contributed by atoms with Gasteiger partial charge in [-0.25, -0.2) is 4.98 Å². The van der Waals surface area contributed by atoms with E-state index in [1.807, 2.05) is 12.3 Å². The Kier molecular flexibility index (Phi) is 4.72. The lowest BCUT2D eigenvalue weighted by Gasteiger charge is -2.31. The molecule has 1 fully saturated rings. The first-order valence-corrected chi connectivity index (χ1v) is 8.91. The lowest BCUT2D eigenvalue weighted by molar-refractivity contribution is -0.0369. The smallest absolute Gasteiger partial charge is 0.180 e. The number of aromatic nitrogens is 4. The van der Waals surface area contributed by atoms with E-state index in [0.717, 1.165) is 49.6 Å². The number of hydrogen-bond donors (Lipinski definition) is 1. The Morgan fingerprint density at radius 1 is 1.28 bits per heavy atom. The van der Waals surface area contributed by atoms with Gasteiger partial charge < -0.3 is 4.74 Å². The van der Waals surface area contributed by atoms with Crippen molar-refractivity contribution in [3.05, 3.63) is 53.7 Å². The minimum atomic E-state index is -0.0708. The van der Waals surface area contributed by atoms with E-state index in [1.165, 1.54) is 10.9 Å². The van der Waals surface area contributed by atoms with Crippen LogP contribution in [0, 0.1) is 0 Å². The largest absolute Gasteiger partial charge is 0.367 e. The van der Waals surface area contributed by atoms with Crippen molar-refractivity contribution in [2.75, 3.05) is 19.7 Å². The zero-order chi connectivity index (χ0) is 17.1. The first kappa shape index (κ1) is 16.2. The molecule has 2 aromatic heterocycles. The fourth-order valence-electron chi connectivity index (χ4n) is 3.34. The van der Waals surface area contributed by atoms with E-state index in [9.17, 15) is 0 Å². The summed E-state index contributed by atoms with van der Waals surface area (Å²) in [6, 6.07) is 10.5. The summed E-state index contributed by atoms with van der Waals surface area (Å²) in [4.78, 5) is 11.5. The third-order valence-electron chi connectivity index (χ3n) is 4.58. The Morgan fingerprint density at radius 2 is 2.20 bits per heavy atom. The van der Waals surface area contributed by atoms with E-state index in [2.05, 4.69) is 56.3 Å². The molecular weight excluding hydrogens is 314 g/mol. The van der Waals surface area contributed by atoms with Crippen LogP contribution in [-0.2, 0) is 17.7 Å². The minimum Gasteiger partial charge on any atom is -0.367 e. The molecule has 0 saturated carbocycles. The third kappa shape index (κ3) is 3.55. The number of aryl methyl sites for hydroxylation is 1. The SMILES string of the molecule is CCCc1nc([C@@H]2CN(Cc3cccc4cccnc34)CCO2)n[nH]1. The van der Waals surface area contributed by atoms with Crippen LogP contribution in [0.25, 0.3) is 10.9 Å². The topological polar surface area (TPSA) is 66.9 Å². The van der Waals surface area contributed by atoms with Crippen molar-refractivity contribution in [2.45, 2.75) is 32.4 Å². The van der Waals surface area contributed by atoms with Crippen molar-refractivity contribution in [3.8, 4) is 0 Å². The van der Waals surface area contributed by atoms with Crippen molar-refractivity contribution >= 4 is 10.9 Å². The average Bonchev–Trinajstić information content (AvgIpc) is 3.11. The number of para-hydroxylation sites is 1. The number of aromatic amines is 1. The van der Waals surface area contributed by atoms with Gasteiger partial charge in [0.05, 0.1) is 12.1 Å². The van der Waals surface area contributed by atoms with Gasteiger partial charge in [-0.15, -0.1) is 0 Å². The predicted molar refractivity (Wildman–Crippen MR) is 96.1 cm³/mol. The Morgan fingerprint density at radius 3 is 3.12 bits per heavy atom. The lowest BCUT2D eigenvalue weighted by Crippen LogP contribution is -2.38. The molecule has 1 aliphatic rings. The number of pyridine rings is 1. The van der Waals surface area contributed by atoms with Gasteiger partial charge in [-0.3, -0.25) is 15.0 Å². The molecule has 0 amide bonds. The molecule has 1 N–H and O–H groups in total. The van der Waals surface area contributed by atoms with E-state index in [-0.39, 0.29) is 6.10 Å². The number of nitrogens with one attached hydrogen (secondary N) is 1. The predicted octanol–water partition coefficient (Wildman–Crippen LogP) is 2.88. The molecule has 0 radical (unpaired) electrons. The molecule has 3 aromatic rings. The molecule has 6 heteroatoms. The highest BCUT2D eigenvalue weighted by molar-refractivity contribution is 5.81. The van der Waals surface area contributed by atoms with Gasteiger partial charge in [0.15, 0.2) is 5.82 Å². The van der Waals surface area contributed by atoms with Crippen molar-refractivity contribution < 1.29 is 4.74 Å². The normalized spacial score (nSPS) is 18.7. The van der Waals surface area contributed by atoms with E-state index >= 15 is 0 Å². The van der Waals surface area contributed by atoms with Crippen LogP contribution in [0.2, 0.25) is 0 Å². The average molecular weight is 337 g/mol. The molecule has 25 heavy (non-hydrogen) atoms. The third-order valence-corrected chi connectivity index (χ3v) is 4.58. The summed E-state index contributed by atoms with van der Waals surface area (Å²) in [7, 11) is 0. The second-order valence-corrected chi connectivity index (χ2v) is 6.48. The van der Waals surface area contributed by atoms with Crippen LogP contribution in [0.3, 0.4) is 0 Å². The highest BCUT2D eigenvalue weighted by Gasteiger charge is 2.25. The van der Waals surface area contributed by atoms with Crippen molar-refractivity contribution in [1.82, 2.24) is 25.1 Å². The summed E-state index contributed by atoms with van der Waals surface area (Å²) >= 11 is 0. The summed E-state index contributed by atoms with van der Waals surface area (Å²) in [6.07, 6.45) is 3.76. The Balaban J connectivity index is 1.49. The fraction of sp³-hybridized carbons (Fsp3) is 0.421. The van der Waals surface area contributed by atoms with E-state index in [1.54, 1.807) is 0 Å². The highest BCUT2D eigenvalue weighted by atomic mass is 16.5. The van der Waals surface area contributed by atoms with Gasteiger partial charge in [-0.1, -0.05) is 31.2 Å². The van der Waals surface area contributed by atoms with E-state index in [0.29, 0.717) is 6.61 Å². The molecule has 1 saturated heterocycles. The van der Waals surface area contributed by atoms with Crippen LogP contribution in [0.15, 0.2) is 36.5 Å². The molecule has 0 unspecified atom stereocenters.